The molecule has 3 nitrogen and oxygen atoms in total. The van der Waals surface area contributed by atoms with Crippen molar-refractivity contribution in [3.63, 3.8) is 0 Å². The number of fused-ring (bicyclic) bond motifs is 1. The molecule has 1 aromatic heterocycles. The standard InChI is InChI=1S/C12H14N2O/c15-6-5-9-1-4-12-11(7-9)13-8-14(12)10-2-3-10/h1,4,7-8,10,15H,2-3,5-6H2. The summed E-state index contributed by atoms with van der Waals surface area (Å²) in [6.07, 6.45) is 5.21. The van der Waals surface area contributed by atoms with Crippen LogP contribution in [0.2, 0.25) is 0 Å². The van der Waals surface area contributed by atoms with E-state index in [4.69, 9.17) is 5.11 Å². The van der Waals surface area contributed by atoms with Crippen LogP contribution in [0.15, 0.2) is 24.5 Å². The lowest BCUT2D eigenvalue weighted by atomic mass is 10.1. The summed E-state index contributed by atoms with van der Waals surface area (Å²) in [4.78, 5) is 4.40. The van der Waals surface area contributed by atoms with Crippen LogP contribution in [0.25, 0.3) is 11.0 Å². The lowest BCUT2D eigenvalue weighted by Crippen LogP contribution is -1.92. The van der Waals surface area contributed by atoms with Gasteiger partial charge in [-0.1, -0.05) is 6.07 Å². The zero-order valence-electron chi connectivity index (χ0n) is 8.56. The smallest absolute Gasteiger partial charge is 0.0960 e. The minimum absolute atomic E-state index is 0.203. The van der Waals surface area contributed by atoms with E-state index >= 15 is 0 Å². The highest BCUT2D eigenvalue weighted by Gasteiger charge is 2.24. The lowest BCUT2D eigenvalue weighted by Gasteiger charge is -2.01. The molecule has 15 heavy (non-hydrogen) atoms. The summed E-state index contributed by atoms with van der Waals surface area (Å²) in [5.74, 6) is 0. The third-order valence-corrected chi connectivity index (χ3v) is 2.98. The van der Waals surface area contributed by atoms with Gasteiger partial charge in [0.05, 0.1) is 17.4 Å². The Morgan fingerprint density at radius 1 is 1.40 bits per heavy atom. The van der Waals surface area contributed by atoms with Crippen LogP contribution in [0.5, 0.6) is 0 Å². The fraction of sp³-hybridized carbons (Fsp3) is 0.417. The summed E-state index contributed by atoms with van der Waals surface area (Å²) in [6.45, 7) is 0.203. The Kier molecular flexibility index (Phi) is 1.99. The molecule has 1 aliphatic rings. The van der Waals surface area contributed by atoms with Gasteiger partial charge in [0, 0.05) is 12.6 Å². The minimum Gasteiger partial charge on any atom is -0.396 e. The maximum atomic E-state index is 8.87. The van der Waals surface area contributed by atoms with Crippen LogP contribution in [-0.4, -0.2) is 21.3 Å². The molecule has 1 heterocycles. The number of rotatable bonds is 3. The molecule has 1 saturated carbocycles. The number of benzene rings is 1. The Morgan fingerprint density at radius 3 is 3.00 bits per heavy atom. The van der Waals surface area contributed by atoms with Crippen LogP contribution in [0.4, 0.5) is 0 Å². The minimum atomic E-state index is 0.203. The monoisotopic (exact) mass is 202 g/mol. The van der Waals surface area contributed by atoms with Crippen molar-refractivity contribution in [2.75, 3.05) is 6.61 Å². The molecule has 0 atom stereocenters. The maximum Gasteiger partial charge on any atom is 0.0960 e. The second-order valence-corrected chi connectivity index (χ2v) is 4.18. The SMILES string of the molecule is OCCc1ccc2c(c1)ncn2C1CC1. The van der Waals surface area contributed by atoms with Gasteiger partial charge < -0.3 is 9.67 Å². The number of hydrogen-bond acceptors (Lipinski definition) is 2. The molecule has 0 amide bonds. The van der Waals surface area contributed by atoms with Crippen molar-refractivity contribution in [1.29, 1.82) is 0 Å². The van der Waals surface area contributed by atoms with Crippen molar-refractivity contribution in [2.45, 2.75) is 25.3 Å². The average Bonchev–Trinajstić information content (AvgIpc) is 3.00. The van der Waals surface area contributed by atoms with Gasteiger partial charge in [0.15, 0.2) is 0 Å². The maximum absolute atomic E-state index is 8.87. The number of nitrogens with zero attached hydrogens (tertiary/aromatic N) is 2. The molecule has 0 radical (unpaired) electrons. The van der Waals surface area contributed by atoms with Crippen molar-refractivity contribution < 1.29 is 5.11 Å². The van der Waals surface area contributed by atoms with Crippen LogP contribution in [0, 0.1) is 0 Å². The van der Waals surface area contributed by atoms with E-state index in [0.717, 1.165) is 11.1 Å². The molecule has 1 aliphatic carbocycles. The quantitative estimate of drug-likeness (QED) is 0.825. The van der Waals surface area contributed by atoms with E-state index in [2.05, 4.69) is 27.8 Å². The van der Waals surface area contributed by atoms with E-state index < -0.39 is 0 Å². The predicted octanol–water partition coefficient (Wildman–Crippen LogP) is 1.91. The van der Waals surface area contributed by atoms with Crippen molar-refractivity contribution in [3.05, 3.63) is 30.1 Å². The van der Waals surface area contributed by atoms with E-state index in [1.54, 1.807) is 0 Å². The van der Waals surface area contributed by atoms with Crippen LogP contribution in [0.3, 0.4) is 0 Å². The van der Waals surface area contributed by atoms with Gasteiger partial charge in [-0.3, -0.25) is 0 Å². The first-order chi connectivity index (χ1) is 7.38. The van der Waals surface area contributed by atoms with Crippen molar-refractivity contribution in [2.24, 2.45) is 0 Å². The molecule has 0 saturated heterocycles. The van der Waals surface area contributed by atoms with Crippen LogP contribution in [-0.2, 0) is 6.42 Å². The van der Waals surface area contributed by atoms with Gasteiger partial charge >= 0.3 is 0 Å². The van der Waals surface area contributed by atoms with Crippen molar-refractivity contribution >= 4 is 11.0 Å². The van der Waals surface area contributed by atoms with Crippen molar-refractivity contribution in [3.8, 4) is 0 Å². The molecule has 2 aromatic rings. The van der Waals surface area contributed by atoms with Crippen LogP contribution < -0.4 is 0 Å². The Balaban J connectivity index is 2.05. The first-order valence-electron chi connectivity index (χ1n) is 5.45. The molecule has 0 bridgehead atoms. The van der Waals surface area contributed by atoms with E-state index in [9.17, 15) is 0 Å². The van der Waals surface area contributed by atoms with Gasteiger partial charge in [-0.05, 0) is 37.0 Å². The predicted molar refractivity (Wildman–Crippen MR) is 58.8 cm³/mol. The average molecular weight is 202 g/mol. The normalized spacial score (nSPS) is 16.1. The molecule has 1 N–H and O–H groups in total. The Morgan fingerprint density at radius 2 is 2.27 bits per heavy atom. The van der Waals surface area contributed by atoms with Gasteiger partial charge in [0.1, 0.15) is 0 Å². The van der Waals surface area contributed by atoms with E-state index in [0.29, 0.717) is 12.5 Å². The fourth-order valence-corrected chi connectivity index (χ4v) is 2.01. The molecule has 1 fully saturated rings. The number of hydrogen-bond donors (Lipinski definition) is 1. The van der Waals surface area contributed by atoms with Crippen LogP contribution in [0.1, 0.15) is 24.4 Å². The highest BCUT2D eigenvalue weighted by atomic mass is 16.2. The summed E-state index contributed by atoms with van der Waals surface area (Å²) in [5.41, 5.74) is 3.43. The van der Waals surface area contributed by atoms with E-state index in [1.807, 2.05) is 6.33 Å². The molecule has 1 aromatic carbocycles. The summed E-state index contributed by atoms with van der Waals surface area (Å²) >= 11 is 0. The summed E-state index contributed by atoms with van der Waals surface area (Å²) in [6, 6.07) is 6.95. The highest BCUT2D eigenvalue weighted by molar-refractivity contribution is 5.76. The summed E-state index contributed by atoms with van der Waals surface area (Å²) in [7, 11) is 0. The van der Waals surface area contributed by atoms with Gasteiger partial charge in [-0.15, -0.1) is 0 Å². The van der Waals surface area contributed by atoms with Gasteiger partial charge in [0.2, 0.25) is 0 Å². The number of aromatic nitrogens is 2. The number of aliphatic hydroxyl groups is 1. The molecular weight excluding hydrogens is 188 g/mol. The Hall–Kier alpha value is -1.35. The molecule has 0 spiro atoms. The first-order valence-corrected chi connectivity index (χ1v) is 5.45. The zero-order chi connectivity index (χ0) is 10.3. The second kappa shape index (κ2) is 3.35. The van der Waals surface area contributed by atoms with Crippen LogP contribution >= 0.6 is 0 Å². The largest absolute Gasteiger partial charge is 0.396 e. The topological polar surface area (TPSA) is 38.1 Å². The number of imidazole rings is 1. The lowest BCUT2D eigenvalue weighted by molar-refractivity contribution is 0.299. The third-order valence-electron chi connectivity index (χ3n) is 2.98. The third kappa shape index (κ3) is 1.53. The zero-order valence-corrected chi connectivity index (χ0v) is 8.56. The molecular formula is C12H14N2O. The Labute approximate surface area is 88.4 Å². The van der Waals surface area contributed by atoms with Gasteiger partial charge in [-0.25, -0.2) is 4.98 Å². The molecule has 3 rings (SSSR count). The van der Waals surface area contributed by atoms with Gasteiger partial charge in [0.25, 0.3) is 0 Å². The molecule has 3 heteroatoms. The first kappa shape index (κ1) is 8.92. The Bertz CT molecular complexity index is 485. The molecule has 0 unspecified atom stereocenters. The summed E-state index contributed by atoms with van der Waals surface area (Å²) < 4.78 is 2.26. The van der Waals surface area contributed by atoms with Crippen molar-refractivity contribution in [1.82, 2.24) is 9.55 Å². The summed E-state index contributed by atoms with van der Waals surface area (Å²) in [5, 5.41) is 8.87. The second-order valence-electron chi connectivity index (χ2n) is 4.18. The molecule has 0 aliphatic heterocycles. The highest BCUT2D eigenvalue weighted by Crippen LogP contribution is 2.37. The molecule has 78 valence electrons. The van der Waals surface area contributed by atoms with Gasteiger partial charge in [-0.2, -0.15) is 0 Å². The van der Waals surface area contributed by atoms with E-state index in [-0.39, 0.29) is 6.61 Å². The van der Waals surface area contributed by atoms with E-state index in [1.165, 1.54) is 18.4 Å². The number of aliphatic hydroxyl groups excluding tert-OH is 1. The fourth-order valence-electron chi connectivity index (χ4n) is 2.01.